The predicted octanol–water partition coefficient (Wildman–Crippen LogP) is 7.15. The number of ether oxygens (including phenoxy) is 1. The normalized spacial score (nSPS) is 10.6. The predicted molar refractivity (Wildman–Crippen MR) is 111 cm³/mol. The van der Waals surface area contributed by atoms with Crippen molar-refractivity contribution in [2.75, 3.05) is 5.32 Å². The highest BCUT2D eigenvalue weighted by Crippen LogP contribution is 2.34. The summed E-state index contributed by atoms with van der Waals surface area (Å²) in [4.78, 5) is 0. The van der Waals surface area contributed by atoms with E-state index >= 15 is 0 Å². The van der Waals surface area contributed by atoms with Crippen LogP contribution in [0.25, 0.3) is 0 Å². The lowest BCUT2D eigenvalue weighted by Crippen LogP contribution is -2.05. The molecule has 0 amide bonds. The summed E-state index contributed by atoms with van der Waals surface area (Å²) in [6.07, 6.45) is 0. The van der Waals surface area contributed by atoms with Gasteiger partial charge in [-0.25, -0.2) is 0 Å². The van der Waals surface area contributed by atoms with Crippen LogP contribution in [0.4, 0.5) is 5.69 Å². The lowest BCUT2D eigenvalue weighted by Gasteiger charge is -2.16. The van der Waals surface area contributed by atoms with Crippen molar-refractivity contribution in [3.63, 3.8) is 0 Å². The molecule has 0 radical (unpaired) electrons. The molecule has 0 aromatic heterocycles. The van der Waals surface area contributed by atoms with Crippen molar-refractivity contribution in [1.29, 1.82) is 0 Å². The van der Waals surface area contributed by atoms with Crippen LogP contribution < -0.4 is 10.1 Å². The molecule has 134 valence electrons. The van der Waals surface area contributed by atoms with Gasteiger partial charge in [0.1, 0.15) is 12.4 Å². The van der Waals surface area contributed by atoms with Crippen LogP contribution in [0.3, 0.4) is 0 Å². The molecule has 3 rings (SSSR count). The highest BCUT2D eigenvalue weighted by Gasteiger charge is 2.12. The van der Waals surface area contributed by atoms with E-state index in [2.05, 4.69) is 5.32 Å². The minimum Gasteiger partial charge on any atom is -0.487 e. The molecule has 0 aliphatic heterocycles. The molecule has 0 spiro atoms. The van der Waals surface area contributed by atoms with Gasteiger partial charge in [-0.05, 0) is 42.3 Å². The highest BCUT2D eigenvalue weighted by atomic mass is 35.5. The third kappa shape index (κ3) is 4.64. The zero-order valence-electron chi connectivity index (χ0n) is 14.2. The Hall–Kier alpha value is -1.87. The van der Waals surface area contributed by atoms with E-state index < -0.39 is 0 Å². The van der Waals surface area contributed by atoms with E-state index in [-0.39, 0.29) is 0 Å². The van der Waals surface area contributed by atoms with E-state index in [9.17, 15) is 0 Å². The fourth-order valence-corrected chi connectivity index (χ4v) is 3.39. The highest BCUT2D eigenvalue weighted by molar-refractivity contribution is 6.35. The average Bonchev–Trinajstić information content (AvgIpc) is 2.63. The zero-order valence-corrected chi connectivity index (χ0v) is 16.5. The van der Waals surface area contributed by atoms with Crippen molar-refractivity contribution < 1.29 is 4.74 Å². The third-order valence-electron chi connectivity index (χ3n) is 4.05. The summed E-state index contributed by atoms with van der Waals surface area (Å²) in [5.41, 5.74) is 3.91. The topological polar surface area (TPSA) is 21.3 Å². The molecule has 0 saturated heterocycles. The number of hydrogen-bond donors (Lipinski definition) is 1. The molecule has 0 heterocycles. The van der Waals surface area contributed by atoms with Gasteiger partial charge in [0.15, 0.2) is 0 Å². The first-order chi connectivity index (χ1) is 12.5. The molecule has 3 aromatic carbocycles. The number of hydrogen-bond acceptors (Lipinski definition) is 2. The summed E-state index contributed by atoms with van der Waals surface area (Å²) in [6.45, 7) is 2.93. The van der Waals surface area contributed by atoms with Gasteiger partial charge in [0.2, 0.25) is 0 Å². The molecule has 3 aromatic rings. The van der Waals surface area contributed by atoms with E-state index in [0.29, 0.717) is 28.9 Å². The van der Waals surface area contributed by atoms with Crippen LogP contribution in [-0.2, 0) is 13.2 Å². The SMILES string of the molecule is Cc1c(Cl)cccc1NCc1cc(Cl)cc(Cl)c1OCc1ccccc1. The van der Waals surface area contributed by atoms with E-state index in [1.165, 1.54) is 0 Å². The van der Waals surface area contributed by atoms with Gasteiger partial charge in [0.25, 0.3) is 0 Å². The number of nitrogens with one attached hydrogen (secondary N) is 1. The van der Waals surface area contributed by atoms with Crippen molar-refractivity contribution in [1.82, 2.24) is 0 Å². The summed E-state index contributed by atoms with van der Waals surface area (Å²) >= 11 is 18.8. The molecule has 0 unspecified atom stereocenters. The Morgan fingerprint density at radius 3 is 2.42 bits per heavy atom. The minimum atomic E-state index is 0.436. The molecule has 0 aliphatic rings. The van der Waals surface area contributed by atoms with Gasteiger partial charge in [-0.1, -0.05) is 71.2 Å². The fourth-order valence-electron chi connectivity index (χ4n) is 2.63. The van der Waals surface area contributed by atoms with E-state index in [1.54, 1.807) is 6.07 Å². The number of anilines is 1. The van der Waals surface area contributed by atoms with Crippen molar-refractivity contribution in [2.24, 2.45) is 0 Å². The largest absolute Gasteiger partial charge is 0.487 e. The Kier molecular flexibility index (Phi) is 6.31. The molecule has 0 atom stereocenters. The molecule has 0 saturated carbocycles. The molecular formula is C21H18Cl3NO. The van der Waals surface area contributed by atoms with Crippen LogP contribution in [0, 0.1) is 6.92 Å². The lowest BCUT2D eigenvalue weighted by molar-refractivity contribution is 0.303. The number of halogens is 3. The average molecular weight is 407 g/mol. The summed E-state index contributed by atoms with van der Waals surface area (Å²) in [7, 11) is 0. The van der Waals surface area contributed by atoms with Crippen LogP contribution in [0.2, 0.25) is 15.1 Å². The van der Waals surface area contributed by atoms with E-state index in [1.807, 2.05) is 61.5 Å². The van der Waals surface area contributed by atoms with Gasteiger partial charge in [-0.3, -0.25) is 0 Å². The van der Waals surface area contributed by atoms with Gasteiger partial charge in [-0.15, -0.1) is 0 Å². The standard InChI is InChI=1S/C21H18Cl3NO/c1-14-18(23)8-5-9-20(14)25-12-16-10-17(22)11-19(24)21(16)26-13-15-6-3-2-4-7-15/h2-11,25H,12-13H2,1H3. The second-order valence-electron chi connectivity index (χ2n) is 5.92. The third-order valence-corrected chi connectivity index (χ3v) is 4.96. The monoisotopic (exact) mass is 405 g/mol. The van der Waals surface area contributed by atoms with Crippen molar-refractivity contribution in [3.05, 3.63) is 92.4 Å². The van der Waals surface area contributed by atoms with Crippen LogP contribution in [0.5, 0.6) is 5.75 Å². The summed E-state index contributed by atoms with van der Waals surface area (Å²) in [5.74, 6) is 0.632. The van der Waals surface area contributed by atoms with Crippen LogP contribution >= 0.6 is 34.8 Å². The van der Waals surface area contributed by atoms with Gasteiger partial charge >= 0.3 is 0 Å². The van der Waals surface area contributed by atoms with Crippen LogP contribution in [0.15, 0.2) is 60.7 Å². The van der Waals surface area contributed by atoms with Crippen LogP contribution in [-0.4, -0.2) is 0 Å². The number of rotatable bonds is 6. The number of benzene rings is 3. The summed E-state index contributed by atoms with van der Waals surface area (Å²) < 4.78 is 5.99. The Labute approximate surface area is 168 Å². The first kappa shape index (κ1) is 18.9. The smallest absolute Gasteiger partial charge is 0.143 e. The Balaban J connectivity index is 1.80. The second-order valence-corrected chi connectivity index (χ2v) is 7.17. The van der Waals surface area contributed by atoms with Crippen LogP contribution in [0.1, 0.15) is 16.7 Å². The fraction of sp³-hybridized carbons (Fsp3) is 0.143. The quantitative estimate of drug-likeness (QED) is 0.469. The Morgan fingerprint density at radius 2 is 1.65 bits per heavy atom. The molecule has 0 fully saturated rings. The second kappa shape index (κ2) is 8.68. The molecule has 5 heteroatoms. The Morgan fingerprint density at radius 1 is 0.885 bits per heavy atom. The lowest BCUT2D eigenvalue weighted by atomic mass is 10.1. The first-order valence-electron chi connectivity index (χ1n) is 8.18. The zero-order chi connectivity index (χ0) is 18.5. The van der Waals surface area contributed by atoms with Crippen molar-refractivity contribution in [2.45, 2.75) is 20.1 Å². The molecule has 2 nitrogen and oxygen atoms in total. The first-order valence-corrected chi connectivity index (χ1v) is 9.31. The maximum absolute atomic E-state index is 6.38. The maximum Gasteiger partial charge on any atom is 0.143 e. The summed E-state index contributed by atoms with van der Waals surface area (Å²) in [6, 6.07) is 19.3. The van der Waals surface area contributed by atoms with E-state index in [4.69, 9.17) is 39.5 Å². The van der Waals surface area contributed by atoms with Gasteiger partial charge in [-0.2, -0.15) is 0 Å². The van der Waals surface area contributed by atoms with Crippen molar-refractivity contribution in [3.8, 4) is 5.75 Å². The Bertz CT molecular complexity index is 897. The molecule has 0 bridgehead atoms. The molecule has 0 aliphatic carbocycles. The maximum atomic E-state index is 6.38. The van der Waals surface area contributed by atoms with Gasteiger partial charge in [0.05, 0.1) is 5.02 Å². The van der Waals surface area contributed by atoms with Gasteiger partial charge < -0.3 is 10.1 Å². The molecule has 1 N–H and O–H groups in total. The molecular weight excluding hydrogens is 389 g/mol. The minimum absolute atomic E-state index is 0.436. The summed E-state index contributed by atoms with van der Waals surface area (Å²) in [5, 5.41) is 5.17. The molecule has 26 heavy (non-hydrogen) atoms. The van der Waals surface area contributed by atoms with E-state index in [0.717, 1.165) is 27.4 Å². The van der Waals surface area contributed by atoms with Gasteiger partial charge in [0, 0.05) is 27.8 Å². The van der Waals surface area contributed by atoms with Crippen molar-refractivity contribution >= 4 is 40.5 Å².